The Morgan fingerprint density at radius 2 is 1.55 bits per heavy atom. The second kappa shape index (κ2) is 5.68. The van der Waals surface area contributed by atoms with Crippen molar-refractivity contribution in [2.45, 2.75) is 38.8 Å². The largest absolute Gasteiger partial charge is 0.457 e. The van der Waals surface area contributed by atoms with Gasteiger partial charge in [0.05, 0.1) is 6.04 Å². The highest BCUT2D eigenvalue weighted by molar-refractivity contribution is 5.52. The van der Waals surface area contributed by atoms with Crippen LogP contribution in [0, 0.1) is 0 Å². The lowest BCUT2D eigenvalue weighted by molar-refractivity contribution is 0.402. The highest BCUT2D eigenvalue weighted by Crippen LogP contribution is 2.42. The topological polar surface area (TPSA) is 21.3 Å². The molecule has 0 fully saturated rings. The third-order valence-corrected chi connectivity index (χ3v) is 3.85. The van der Waals surface area contributed by atoms with Crippen molar-refractivity contribution in [1.82, 2.24) is 5.32 Å². The summed E-state index contributed by atoms with van der Waals surface area (Å²) < 4.78 is 6.01. The van der Waals surface area contributed by atoms with E-state index in [0.29, 0.717) is 6.04 Å². The Kier molecular flexibility index (Phi) is 3.75. The maximum atomic E-state index is 6.01. The molecule has 1 heterocycles. The first-order valence-electron chi connectivity index (χ1n) is 7.41. The minimum absolute atomic E-state index is 0.220. The van der Waals surface area contributed by atoms with Crippen molar-refractivity contribution >= 4 is 0 Å². The van der Waals surface area contributed by atoms with Crippen molar-refractivity contribution in [1.29, 1.82) is 0 Å². The fraction of sp³-hybridized carbons (Fsp3) is 0.333. The normalized spacial score (nSPS) is 15.1. The Hall–Kier alpha value is -1.80. The first-order valence-corrected chi connectivity index (χ1v) is 7.41. The van der Waals surface area contributed by atoms with Gasteiger partial charge in [-0.2, -0.15) is 0 Å². The molecule has 1 aliphatic rings. The summed E-state index contributed by atoms with van der Waals surface area (Å²) in [5.74, 6) is 1.93. The summed E-state index contributed by atoms with van der Waals surface area (Å²) >= 11 is 0. The quantitative estimate of drug-likeness (QED) is 0.870. The van der Waals surface area contributed by atoms with Gasteiger partial charge in [-0.25, -0.2) is 0 Å². The minimum Gasteiger partial charge on any atom is -0.457 e. The molecule has 0 amide bonds. The van der Waals surface area contributed by atoms with Crippen LogP contribution in [0.15, 0.2) is 48.5 Å². The van der Waals surface area contributed by atoms with Crippen molar-refractivity contribution in [3.8, 4) is 11.5 Å². The summed E-state index contributed by atoms with van der Waals surface area (Å²) in [4.78, 5) is 0. The number of para-hydroxylation sites is 2. The van der Waals surface area contributed by atoms with Gasteiger partial charge in [0.25, 0.3) is 0 Å². The highest BCUT2D eigenvalue weighted by Gasteiger charge is 2.27. The first kappa shape index (κ1) is 13.2. The molecule has 0 saturated carbocycles. The van der Waals surface area contributed by atoms with E-state index in [9.17, 15) is 0 Å². The molecule has 20 heavy (non-hydrogen) atoms. The molecule has 2 aromatic rings. The molecule has 3 rings (SSSR count). The van der Waals surface area contributed by atoms with Crippen LogP contribution in [0.1, 0.15) is 43.9 Å². The van der Waals surface area contributed by atoms with Gasteiger partial charge in [0.15, 0.2) is 0 Å². The zero-order valence-electron chi connectivity index (χ0n) is 12.1. The Morgan fingerprint density at radius 1 is 1.00 bits per heavy atom. The van der Waals surface area contributed by atoms with Crippen LogP contribution < -0.4 is 10.1 Å². The van der Waals surface area contributed by atoms with E-state index in [2.05, 4.69) is 43.4 Å². The molecule has 0 aliphatic carbocycles. The van der Waals surface area contributed by atoms with E-state index in [-0.39, 0.29) is 6.04 Å². The van der Waals surface area contributed by atoms with E-state index in [1.807, 2.05) is 24.3 Å². The van der Waals surface area contributed by atoms with Gasteiger partial charge in [0.2, 0.25) is 0 Å². The second-order valence-electron chi connectivity index (χ2n) is 5.47. The number of rotatable bonds is 4. The van der Waals surface area contributed by atoms with E-state index in [0.717, 1.165) is 11.5 Å². The van der Waals surface area contributed by atoms with Crippen molar-refractivity contribution in [2.75, 3.05) is 0 Å². The van der Waals surface area contributed by atoms with E-state index < -0.39 is 0 Å². The van der Waals surface area contributed by atoms with Crippen molar-refractivity contribution in [3.63, 3.8) is 0 Å². The third-order valence-electron chi connectivity index (χ3n) is 3.85. The molecule has 2 nitrogen and oxygen atoms in total. The summed E-state index contributed by atoms with van der Waals surface area (Å²) in [6.45, 7) is 4.48. The number of hydrogen-bond acceptors (Lipinski definition) is 2. The lowest BCUT2D eigenvalue weighted by Gasteiger charge is -2.31. The number of hydrogen-bond donors (Lipinski definition) is 1. The second-order valence-corrected chi connectivity index (χ2v) is 5.47. The van der Waals surface area contributed by atoms with Crippen LogP contribution in [-0.4, -0.2) is 6.04 Å². The Bertz CT molecular complexity index is 548. The molecule has 0 spiro atoms. The van der Waals surface area contributed by atoms with Gasteiger partial charge >= 0.3 is 0 Å². The molecule has 1 atom stereocenters. The van der Waals surface area contributed by atoms with Gasteiger partial charge in [-0.3, -0.25) is 0 Å². The fourth-order valence-electron chi connectivity index (χ4n) is 2.89. The molecule has 1 unspecified atom stereocenters. The van der Waals surface area contributed by atoms with Gasteiger partial charge in [0.1, 0.15) is 11.5 Å². The Morgan fingerprint density at radius 3 is 2.10 bits per heavy atom. The predicted octanol–water partition coefficient (Wildman–Crippen LogP) is 4.66. The predicted molar refractivity (Wildman–Crippen MR) is 82.3 cm³/mol. The molecule has 0 radical (unpaired) electrons. The molecule has 104 valence electrons. The van der Waals surface area contributed by atoms with E-state index in [4.69, 9.17) is 4.74 Å². The van der Waals surface area contributed by atoms with E-state index >= 15 is 0 Å². The lowest BCUT2D eigenvalue weighted by atomic mass is 9.93. The Labute approximate surface area is 120 Å². The van der Waals surface area contributed by atoms with Crippen LogP contribution in [0.25, 0.3) is 0 Å². The van der Waals surface area contributed by atoms with E-state index in [1.165, 1.54) is 24.0 Å². The van der Waals surface area contributed by atoms with Crippen LogP contribution in [0.3, 0.4) is 0 Å². The standard InChI is InChI=1S/C18H21NO/c1-3-8-13(2)19-18-14-9-4-6-11-16(14)20-17-12-7-5-10-15(17)18/h4-7,9-13,18-19H,3,8H2,1-2H3. The van der Waals surface area contributed by atoms with Gasteiger partial charge in [0, 0.05) is 17.2 Å². The zero-order chi connectivity index (χ0) is 13.9. The Balaban J connectivity index is 1.99. The van der Waals surface area contributed by atoms with Crippen molar-refractivity contribution in [3.05, 3.63) is 59.7 Å². The summed E-state index contributed by atoms with van der Waals surface area (Å²) in [6, 6.07) is 17.3. The SMILES string of the molecule is CCCC(C)NC1c2ccccc2Oc2ccccc21. The number of nitrogens with one attached hydrogen (secondary N) is 1. The highest BCUT2D eigenvalue weighted by atomic mass is 16.5. The molecule has 0 saturated heterocycles. The summed E-state index contributed by atoms with van der Waals surface area (Å²) in [5.41, 5.74) is 2.46. The number of fused-ring (bicyclic) bond motifs is 2. The van der Waals surface area contributed by atoms with Crippen LogP contribution in [0.4, 0.5) is 0 Å². The molecule has 2 aromatic carbocycles. The average Bonchev–Trinajstić information content (AvgIpc) is 2.47. The molecule has 1 N–H and O–H groups in total. The number of benzene rings is 2. The monoisotopic (exact) mass is 267 g/mol. The molecular weight excluding hydrogens is 246 g/mol. The summed E-state index contributed by atoms with van der Waals surface area (Å²) in [7, 11) is 0. The van der Waals surface area contributed by atoms with Gasteiger partial charge in [-0.05, 0) is 25.5 Å². The molecule has 2 heteroatoms. The maximum absolute atomic E-state index is 6.01. The molecule has 1 aliphatic heterocycles. The van der Waals surface area contributed by atoms with Crippen LogP contribution in [0.2, 0.25) is 0 Å². The van der Waals surface area contributed by atoms with Crippen LogP contribution in [-0.2, 0) is 0 Å². The van der Waals surface area contributed by atoms with Crippen LogP contribution >= 0.6 is 0 Å². The summed E-state index contributed by atoms with van der Waals surface area (Å²) in [6.07, 6.45) is 2.38. The van der Waals surface area contributed by atoms with Gasteiger partial charge in [-0.15, -0.1) is 0 Å². The first-order chi connectivity index (χ1) is 9.79. The zero-order valence-corrected chi connectivity index (χ0v) is 12.1. The smallest absolute Gasteiger partial charge is 0.132 e. The summed E-state index contributed by atoms with van der Waals surface area (Å²) in [5, 5.41) is 3.75. The van der Waals surface area contributed by atoms with Crippen molar-refractivity contribution < 1.29 is 4.74 Å². The van der Waals surface area contributed by atoms with Gasteiger partial charge < -0.3 is 10.1 Å². The van der Waals surface area contributed by atoms with Gasteiger partial charge in [-0.1, -0.05) is 49.7 Å². The lowest BCUT2D eigenvalue weighted by Crippen LogP contribution is -2.32. The van der Waals surface area contributed by atoms with Crippen molar-refractivity contribution in [2.24, 2.45) is 0 Å². The van der Waals surface area contributed by atoms with E-state index in [1.54, 1.807) is 0 Å². The fourth-order valence-corrected chi connectivity index (χ4v) is 2.89. The maximum Gasteiger partial charge on any atom is 0.132 e. The minimum atomic E-state index is 0.220. The number of ether oxygens (including phenoxy) is 1. The third kappa shape index (κ3) is 2.44. The molecule has 0 bridgehead atoms. The molecule has 0 aromatic heterocycles. The molecular formula is C18H21NO. The average molecular weight is 267 g/mol. The van der Waals surface area contributed by atoms with Crippen LogP contribution in [0.5, 0.6) is 11.5 Å².